The highest BCUT2D eigenvalue weighted by molar-refractivity contribution is 5.64. The zero-order chi connectivity index (χ0) is 18.6. The molecule has 0 atom stereocenters. The average Bonchev–Trinajstić information content (AvgIpc) is 2.71. The molecule has 2 fully saturated rings. The zero-order valence-electron chi connectivity index (χ0n) is 17.3. The molecule has 2 aliphatic carbocycles. The molecule has 0 heterocycles. The summed E-state index contributed by atoms with van der Waals surface area (Å²) in [5.74, 6) is 3.57. The summed E-state index contributed by atoms with van der Waals surface area (Å²) in [6, 6.07) is 18.8. The summed E-state index contributed by atoms with van der Waals surface area (Å²) in [5.41, 5.74) is 5.79. The molecule has 2 aromatic rings. The first-order valence-electron chi connectivity index (χ1n) is 11.4. The maximum absolute atomic E-state index is 2.41. The van der Waals surface area contributed by atoms with Crippen LogP contribution in [0.15, 0.2) is 48.5 Å². The largest absolute Gasteiger partial charge is 0.0625 e. The van der Waals surface area contributed by atoms with Gasteiger partial charge >= 0.3 is 0 Å². The molecule has 0 N–H and O–H groups in total. The summed E-state index contributed by atoms with van der Waals surface area (Å²) in [4.78, 5) is 0. The Morgan fingerprint density at radius 1 is 0.630 bits per heavy atom. The fourth-order valence-corrected chi connectivity index (χ4v) is 5.24. The van der Waals surface area contributed by atoms with Crippen molar-refractivity contribution in [3.05, 3.63) is 59.7 Å². The van der Waals surface area contributed by atoms with Gasteiger partial charge in [0, 0.05) is 2.85 Å². The molecule has 0 bridgehead atoms. The van der Waals surface area contributed by atoms with Gasteiger partial charge in [0.05, 0.1) is 0 Å². The molecule has 4 rings (SSSR count). The van der Waals surface area contributed by atoms with Gasteiger partial charge in [-0.3, -0.25) is 0 Å². The van der Waals surface area contributed by atoms with Crippen LogP contribution in [0.2, 0.25) is 0 Å². The van der Waals surface area contributed by atoms with Gasteiger partial charge < -0.3 is 0 Å². The van der Waals surface area contributed by atoms with E-state index in [4.69, 9.17) is 0 Å². The van der Waals surface area contributed by atoms with Crippen LogP contribution in [0.4, 0.5) is 0 Å². The minimum absolute atomic E-state index is 0. The van der Waals surface area contributed by atoms with Gasteiger partial charge in [0.25, 0.3) is 0 Å². The highest BCUT2D eigenvalue weighted by atomic mass is 14.3. The predicted molar refractivity (Wildman–Crippen MR) is 121 cm³/mol. The molecular formula is C27H40. The van der Waals surface area contributed by atoms with Gasteiger partial charge in [0.2, 0.25) is 0 Å². The van der Waals surface area contributed by atoms with E-state index in [1.54, 1.807) is 5.56 Å². The van der Waals surface area contributed by atoms with Crippen molar-refractivity contribution in [2.45, 2.75) is 77.6 Å². The van der Waals surface area contributed by atoms with Crippen molar-refractivity contribution >= 4 is 0 Å². The van der Waals surface area contributed by atoms with E-state index >= 15 is 0 Å². The summed E-state index contributed by atoms with van der Waals surface area (Å²) in [5, 5.41) is 0. The standard InChI is InChI=1S/C27H36.2H2/c1-20-3-7-22(8-4-20)19-23-9-13-25(14-10-23)27-17-15-26(16-18-27)24-11-5-21(2)6-12-24;;/h9-10,13-18,20-22,24H,3-8,11-12,19H2,1-2H3;2*1H. The van der Waals surface area contributed by atoms with Crippen molar-refractivity contribution in [3.8, 4) is 11.1 Å². The van der Waals surface area contributed by atoms with Gasteiger partial charge in [0.15, 0.2) is 0 Å². The van der Waals surface area contributed by atoms with Crippen LogP contribution >= 0.6 is 0 Å². The van der Waals surface area contributed by atoms with Crippen LogP contribution in [0.3, 0.4) is 0 Å². The van der Waals surface area contributed by atoms with Gasteiger partial charge in [-0.15, -0.1) is 0 Å². The maximum atomic E-state index is 2.41. The van der Waals surface area contributed by atoms with E-state index in [-0.39, 0.29) is 2.85 Å². The summed E-state index contributed by atoms with van der Waals surface area (Å²) in [6.45, 7) is 4.81. The second-order valence-corrected chi connectivity index (χ2v) is 9.61. The van der Waals surface area contributed by atoms with Crippen molar-refractivity contribution in [1.29, 1.82) is 0 Å². The number of hydrogen-bond donors (Lipinski definition) is 0. The van der Waals surface area contributed by atoms with Gasteiger partial charge in [-0.2, -0.15) is 0 Å². The van der Waals surface area contributed by atoms with E-state index in [2.05, 4.69) is 62.4 Å². The predicted octanol–water partition coefficient (Wildman–Crippen LogP) is 8.51. The fraction of sp³-hybridized carbons (Fsp3) is 0.556. The molecular weight excluding hydrogens is 324 g/mol. The van der Waals surface area contributed by atoms with Crippen molar-refractivity contribution in [2.24, 2.45) is 17.8 Å². The normalized spacial score (nSPS) is 28.8. The molecule has 0 unspecified atom stereocenters. The van der Waals surface area contributed by atoms with Gasteiger partial charge in [-0.1, -0.05) is 88.1 Å². The number of hydrogen-bond acceptors (Lipinski definition) is 0. The van der Waals surface area contributed by atoms with Crippen molar-refractivity contribution in [1.82, 2.24) is 0 Å². The average molecular weight is 365 g/mol. The Kier molecular flexibility index (Phi) is 6.01. The molecule has 0 amide bonds. The van der Waals surface area contributed by atoms with Crippen LogP contribution in [-0.2, 0) is 6.42 Å². The van der Waals surface area contributed by atoms with E-state index in [1.807, 2.05) is 0 Å². The minimum atomic E-state index is 0. The van der Waals surface area contributed by atoms with Crippen LogP contribution in [-0.4, -0.2) is 0 Å². The quantitative estimate of drug-likeness (QED) is 0.510. The molecule has 2 saturated carbocycles. The third kappa shape index (κ3) is 4.84. The van der Waals surface area contributed by atoms with E-state index in [9.17, 15) is 0 Å². The summed E-state index contributed by atoms with van der Waals surface area (Å²) in [6.07, 6.45) is 12.5. The Morgan fingerprint density at radius 3 is 1.67 bits per heavy atom. The molecule has 148 valence electrons. The van der Waals surface area contributed by atoms with Gasteiger partial charge in [-0.05, 0) is 78.0 Å². The third-order valence-corrected chi connectivity index (χ3v) is 7.35. The van der Waals surface area contributed by atoms with E-state index in [0.717, 1.165) is 23.7 Å². The van der Waals surface area contributed by atoms with Crippen molar-refractivity contribution < 1.29 is 2.85 Å². The van der Waals surface area contributed by atoms with E-state index < -0.39 is 0 Å². The first-order chi connectivity index (χ1) is 13.2. The summed E-state index contributed by atoms with van der Waals surface area (Å²) in [7, 11) is 0. The van der Waals surface area contributed by atoms with Crippen LogP contribution in [0.5, 0.6) is 0 Å². The molecule has 0 saturated heterocycles. The monoisotopic (exact) mass is 364 g/mol. The molecule has 2 aliphatic rings. The van der Waals surface area contributed by atoms with E-state index in [1.165, 1.54) is 74.5 Å². The van der Waals surface area contributed by atoms with Crippen LogP contribution in [0, 0.1) is 17.8 Å². The molecule has 0 heteroatoms. The number of benzene rings is 2. The second-order valence-electron chi connectivity index (χ2n) is 9.61. The molecule has 0 radical (unpaired) electrons. The molecule has 27 heavy (non-hydrogen) atoms. The van der Waals surface area contributed by atoms with Crippen LogP contribution in [0.25, 0.3) is 11.1 Å². The van der Waals surface area contributed by atoms with Crippen molar-refractivity contribution in [2.75, 3.05) is 0 Å². The van der Waals surface area contributed by atoms with E-state index in [0.29, 0.717) is 0 Å². The maximum Gasteiger partial charge on any atom is 0 e. The Balaban J connectivity index is 0.00000150. The lowest BCUT2D eigenvalue weighted by Gasteiger charge is -2.26. The smallest absolute Gasteiger partial charge is 0 e. The Labute approximate surface area is 169 Å². The lowest BCUT2D eigenvalue weighted by Crippen LogP contribution is -2.14. The summed E-state index contributed by atoms with van der Waals surface area (Å²) < 4.78 is 0. The minimum Gasteiger partial charge on any atom is -0.0625 e. The summed E-state index contributed by atoms with van der Waals surface area (Å²) >= 11 is 0. The number of rotatable bonds is 4. The first kappa shape index (κ1) is 18.8. The Hall–Kier alpha value is -1.56. The van der Waals surface area contributed by atoms with Crippen LogP contribution < -0.4 is 0 Å². The highest BCUT2D eigenvalue weighted by Crippen LogP contribution is 2.36. The Bertz CT molecular complexity index is 703. The SMILES string of the molecule is CC1CCC(Cc2ccc(-c3ccc(C4CCC(C)CC4)cc3)cc2)CC1.[HH].[HH]. The lowest BCUT2D eigenvalue weighted by molar-refractivity contribution is 0.289. The van der Waals surface area contributed by atoms with Crippen LogP contribution in [0.1, 0.15) is 85.1 Å². The van der Waals surface area contributed by atoms with Crippen molar-refractivity contribution in [3.63, 3.8) is 0 Å². The second kappa shape index (κ2) is 8.63. The molecule has 0 aliphatic heterocycles. The Morgan fingerprint density at radius 2 is 1.11 bits per heavy atom. The third-order valence-electron chi connectivity index (χ3n) is 7.35. The first-order valence-corrected chi connectivity index (χ1v) is 11.4. The topological polar surface area (TPSA) is 0 Å². The molecule has 0 aromatic heterocycles. The molecule has 0 spiro atoms. The molecule has 2 aromatic carbocycles. The fourth-order valence-electron chi connectivity index (χ4n) is 5.24. The highest BCUT2D eigenvalue weighted by Gasteiger charge is 2.20. The van der Waals surface area contributed by atoms with Gasteiger partial charge in [0.1, 0.15) is 0 Å². The lowest BCUT2D eigenvalue weighted by atomic mass is 9.79. The zero-order valence-corrected chi connectivity index (χ0v) is 17.3. The van der Waals surface area contributed by atoms with Gasteiger partial charge in [-0.25, -0.2) is 0 Å². The molecule has 0 nitrogen and oxygen atoms in total.